The summed E-state index contributed by atoms with van der Waals surface area (Å²) >= 11 is 0. The second kappa shape index (κ2) is 7.24. The van der Waals surface area contributed by atoms with Gasteiger partial charge in [0.25, 0.3) is 0 Å². The SMILES string of the molecule is CC(C)S(=O)(=O)CCC(=O)CCC(C)(C)CCN. The second-order valence-electron chi connectivity index (χ2n) is 5.91. The smallest absolute Gasteiger partial charge is 0.153 e. The topological polar surface area (TPSA) is 77.2 Å². The molecule has 0 saturated heterocycles. The molecule has 0 radical (unpaired) electrons. The number of sulfone groups is 1. The van der Waals surface area contributed by atoms with E-state index in [4.69, 9.17) is 5.73 Å². The summed E-state index contributed by atoms with van der Waals surface area (Å²) in [6.45, 7) is 8.06. The lowest BCUT2D eigenvalue weighted by atomic mass is 9.83. The molecule has 0 aromatic heterocycles. The lowest BCUT2D eigenvalue weighted by molar-refractivity contribution is -0.119. The van der Waals surface area contributed by atoms with Gasteiger partial charge in [-0.1, -0.05) is 13.8 Å². The Morgan fingerprint density at radius 1 is 1.17 bits per heavy atom. The lowest BCUT2D eigenvalue weighted by Gasteiger charge is -2.23. The van der Waals surface area contributed by atoms with Gasteiger partial charge in [-0.05, 0) is 38.6 Å². The van der Waals surface area contributed by atoms with E-state index in [9.17, 15) is 13.2 Å². The van der Waals surface area contributed by atoms with E-state index in [1.54, 1.807) is 13.8 Å². The largest absolute Gasteiger partial charge is 0.330 e. The number of hydrogen-bond donors (Lipinski definition) is 1. The summed E-state index contributed by atoms with van der Waals surface area (Å²) in [4.78, 5) is 11.7. The molecular formula is C13H27NO3S. The Bertz CT molecular complexity index is 358. The van der Waals surface area contributed by atoms with E-state index in [-0.39, 0.29) is 23.4 Å². The highest BCUT2D eigenvalue weighted by atomic mass is 32.2. The first-order valence-electron chi connectivity index (χ1n) is 6.54. The van der Waals surface area contributed by atoms with Crippen molar-refractivity contribution in [3.05, 3.63) is 0 Å². The summed E-state index contributed by atoms with van der Waals surface area (Å²) in [5.74, 6) is 0.00481. The van der Waals surface area contributed by atoms with E-state index in [1.807, 2.05) is 0 Å². The van der Waals surface area contributed by atoms with Crippen molar-refractivity contribution in [2.24, 2.45) is 11.1 Å². The quantitative estimate of drug-likeness (QED) is 0.698. The Balaban J connectivity index is 4.08. The molecule has 0 amide bonds. The Morgan fingerprint density at radius 3 is 2.17 bits per heavy atom. The fourth-order valence-electron chi connectivity index (χ4n) is 1.61. The van der Waals surface area contributed by atoms with Gasteiger partial charge in [-0.2, -0.15) is 0 Å². The van der Waals surface area contributed by atoms with E-state index >= 15 is 0 Å². The number of hydrogen-bond acceptors (Lipinski definition) is 4. The van der Waals surface area contributed by atoms with Gasteiger partial charge >= 0.3 is 0 Å². The Morgan fingerprint density at radius 2 is 1.72 bits per heavy atom. The van der Waals surface area contributed by atoms with Crippen molar-refractivity contribution in [3.8, 4) is 0 Å². The van der Waals surface area contributed by atoms with Crippen LogP contribution in [-0.4, -0.2) is 31.7 Å². The standard InChI is InChI=1S/C13H27NO3S/c1-11(2)18(16,17)10-6-12(15)5-7-13(3,4)8-9-14/h11H,5-10,14H2,1-4H3. The molecule has 4 nitrogen and oxygen atoms in total. The summed E-state index contributed by atoms with van der Waals surface area (Å²) in [5, 5.41) is -0.404. The average molecular weight is 277 g/mol. The molecule has 0 aliphatic rings. The maximum atomic E-state index is 11.7. The van der Waals surface area contributed by atoms with Crippen molar-refractivity contribution in [1.82, 2.24) is 0 Å². The normalized spacial score (nSPS) is 13.0. The number of ketones is 1. The maximum absolute atomic E-state index is 11.7. The Hall–Kier alpha value is -0.420. The third-order valence-electron chi connectivity index (χ3n) is 3.29. The molecule has 5 heteroatoms. The van der Waals surface area contributed by atoms with Crippen LogP contribution in [0.1, 0.15) is 53.4 Å². The molecule has 0 saturated carbocycles. The van der Waals surface area contributed by atoms with E-state index in [0.29, 0.717) is 13.0 Å². The zero-order chi connectivity index (χ0) is 14.4. The number of rotatable bonds is 9. The van der Waals surface area contributed by atoms with Gasteiger partial charge < -0.3 is 5.73 Å². The zero-order valence-corrected chi connectivity index (χ0v) is 12.8. The van der Waals surface area contributed by atoms with Crippen LogP contribution in [0.5, 0.6) is 0 Å². The minimum absolute atomic E-state index is 0.0270. The number of carbonyl (C=O) groups is 1. The first-order valence-corrected chi connectivity index (χ1v) is 8.25. The molecule has 108 valence electrons. The van der Waals surface area contributed by atoms with Crippen LogP contribution in [0.3, 0.4) is 0 Å². The van der Waals surface area contributed by atoms with Crippen molar-refractivity contribution in [1.29, 1.82) is 0 Å². The number of carbonyl (C=O) groups excluding carboxylic acids is 1. The Labute approximate surface area is 111 Å². The molecule has 0 atom stereocenters. The van der Waals surface area contributed by atoms with Gasteiger partial charge in [-0.15, -0.1) is 0 Å². The zero-order valence-electron chi connectivity index (χ0n) is 12.0. The van der Waals surface area contributed by atoms with Crippen molar-refractivity contribution in [2.45, 2.75) is 58.6 Å². The van der Waals surface area contributed by atoms with Crippen LogP contribution in [0.4, 0.5) is 0 Å². The van der Waals surface area contributed by atoms with E-state index in [0.717, 1.165) is 12.8 Å². The molecule has 0 rings (SSSR count). The minimum atomic E-state index is -3.10. The molecular weight excluding hydrogens is 250 g/mol. The van der Waals surface area contributed by atoms with Crippen molar-refractivity contribution >= 4 is 15.6 Å². The van der Waals surface area contributed by atoms with E-state index in [1.165, 1.54) is 0 Å². The third-order valence-corrected chi connectivity index (χ3v) is 5.50. The van der Waals surface area contributed by atoms with Crippen LogP contribution in [0.2, 0.25) is 0 Å². The molecule has 0 bridgehead atoms. The van der Waals surface area contributed by atoms with Crippen molar-refractivity contribution in [3.63, 3.8) is 0 Å². The predicted molar refractivity (Wildman–Crippen MR) is 75.2 cm³/mol. The van der Waals surface area contributed by atoms with Gasteiger partial charge in [0.2, 0.25) is 0 Å². The fraction of sp³-hybridized carbons (Fsp3) is 0.923. The first kappa shape index (κ1) is 17.6. The summed E-state index contributed by atoms with van der Waals surface area (Å²) in [5.41, 5.74) is 5.56. The monoisotopic (exact) mass is 277 g/mol. The van der Waals surface area contributed by atoms with E-state index in [2.05, 4.69) is 13.8 Å². The number of Topliss-reactive ketones (excluding diaryl/α,β-unsaturated/α-hetero) is 1. The van der Waals surface area contributed by atoms with Crippen LogP contribution in [0, 0.1) is 5.41 Å². The van der Waals surface area contributed by atoms with Crippen LogP contribution < -0.4 is 5.73 Å². The summed E-state index contributed by atoms with van der Waals surface area (Å²) < 4.78 is 23.1. The van der Waals surface area contributed by atoms with Gasteiger partial charge in [0.05, 0.1) is 11.0 Å². The molecule has 0 fully saturated rings. The molecule has 0 aromatic rings. The van der Waals surface area contributed by atoms with Gasteiger partial charge in [-0.3, -0.25) is 4.79 Å². The highest BCUT2D eigenvalue weighted by molar-refractivity contribution is 7.91. The Kier molecular flexibility index (Phi) is 7.07. The van der Waals surface area contributed by atoms with Crippen LogP contribution in [-0.2, 0) is 14.6 Å². The highest BCUT2D eigenvalue weighted by Gasteiger charge is 2.20. The van der Waals surface area contributed by atoms with Crippen LogP contribution in [0.15, 0.2) is 0 Å². The van der Waals surface area contributed by atoms with Crippen LogP contribution >= 0.6 is 0 Å². The molecule has 2 N–H and O–H groups in total. The minimum Gasteiger partial charge on any atom is -0.330 e. The molecule has 0 aromatic carbocycles. The second-order valence-corrected chi connectivity index (χ2v) is 8.58. The maximum Gasteiger partial charge on any atom is 0.153 e. The molecule has 18 heavy (non-hydrogen) atoms. The van der Waals surface area contributed by atoms with Gasteiger partial charge in [-0.25, -0.2) is 8.42 Å². The summed E-state index contributed by atoms with van der Waals surface area (Å²) in [7, 11) is -3.10. The molecule has 0 spiro atoms. The number of nitrogens with two attached hydrogens (primary N) is 1. The lowest BCUT2D eigenvalue weighted by Crippen LogP contribution is -2.21. The fourth-order valence-corrected chi connectivity index (χ4v) is 2.59. The van der Waals surface area contributed by atoms with Crippen LogP contribution in [0.25, 0.3) is 0 Å². The molecule has 0 unspecified atom stereocenters. The van der Waals surface area contributed by atoms with Gasteiger partial charge in [0.1, 0.15) is 5.78 Å². The first-order chi connectivity index (χ1) is 8.10. The van der Waals surface area contributed by atoms with E-state index < -0.39 is 15.1 Å². The highest BCUT2D eigenvalue weighted by Crippen LogP contribution is 2.26. The van der Waals surface area contributed by atoms with Crippen molar-refractivity contribution < 1.29 is 13.2 Å². The molecule has 0 aliphatic carbocycles. The molecule has 0 aliphatic heterocycles. The van der Waals surface area contributed by atoms with Crippen molar-refractivity contribution in [2.75, 3.05) is 12.3 Å². The average Bonchev–Trinajstić information content (AvgIpc) is 2.23. The summed E-state index contributed by atoms with van der Waals surface area (Å²) in [6, 6.07) is 0. The van der Waals surface area contributed by atoms with Gasteiger partial charge in [0, 0.05) is 12.8 Å². The third kappa shape index (κ3) is 7.11. The predicted octanol–water partition coefficient (Wildman–Crippen LogP) is 1.92. The van der Waals surface area contributed by atoms with Gasteiger partial charge in [0.15, 0.2) is 9.84 Å². The molecule has 0 heterocycles. The summed E-state index contributed by atoms with van der Waals surface area (Å²) in [6.07, 6.45) is 2.23.